The summed E-state index contributed by atoms with van der Waals surface area (Å²) in [6, 6.07) is 3.99. The molecule has 4 heteroatoms. The van der Waals surface area contributed by atoms with Crippen molar-refractivity contribution in [3.8, 4) is 11.5 Å². The summed E-state index contributed by atoms with van der Waals surface area (Å²) in [5.74, 6) is 1.45. The van der Waals surface area contributed by atoms with E-state index in [1.165, 1.54) is 6.42 Å². The lowest BCUT2D eigenvalue weighted by Crippen LogP contribution is -2.38. The molecular weight excluding hydrogens is 274 g/mol. The molecule has 1 aromatic rings. The van der Waals surface area contributed by atoms with Gasteiger partial charge in [-0.2, -0.15) is 0 Å². The van der Waals surface area contributed by atoms with E-state index in [-0.39, 0.29) is 5.54 Å². The molecule has 1 aliphatic heterocycles. The summed E-state index contributed by atoms with van der Waals surface area (Å²) in [5, 5.41) is 4.20. The second-order valence-electron chi connectivity index (χ2n) is 5.94. The highest BCUT2D eigenvalue weighted by Crippen LogP contribution is 2.38. The van der Waals surface area contributed by atoms with Gasteiger partial charge in [-0.25, -0.2) is 0 Å². The molecule has 2 rings (SSSR count). The van der Waals surface area contributed by atoms with Crippen LogP contribution in [0, 0.1) is 0 Å². The molecule has 112 valence electrons. The number of halogens is 1. The first-order valence-electron chi connectivity index (χ1n) is 7.35. The van der Waals surface area contributed by atoms with E-state index in [2.05, 4.69) is 26.1 Å². The summed E-state index contributed by atoms with van der Waals surface area (Å²) < 4.78 is 11.4. The number of hydrogen-bond acceptors (Lipinski definition) is 3. The highest BCUT2D eigenvalue weighted by Gasteiger charge is 2.18. The van der Waals surface area contributed by atoms with Crippen molar-refractivity contribution in [1.29, 1.82) is 0 Å². The molecule has 0 aromatic heterocycles. The van der Waals surface area contributed by atoms with Crippen LogP contribution < -0.4 is 14.8 Å². The van der Waals surface area contributed by atoms with Gasteiger partial charge in [-0.1, -0.05) is 24.9 Å². The molecule has 0 atom stereocenters. The van der Waals surface area contributed by atoms with E-state index < -0.39 is 0 Å². The Kier molecular flexibility index (Phi) is 5.17. The molecule has 0 fully saturated rings. The lowest BCUT2D eigenvalue weighted by molar-refractivity contribution is 0.297. The lowest BCUT2D eigenvalue weighted by Gasteiger charge is -2.26. The third-order valence-corrected chi connectivity index (χ3v) is 3.79. The van der Waals surface area contributed by atoms with Gasteiger partial charge in [0.15, 0.2) is 11.5 Å². The molecule has 0 unspecified atom stereocenters. The second kappa shape index (κ2) is 6.68. The molecule has 1 N–H and O–H groups in total. The Morgan fingerprint density at radius 1 is 1.25 bits per heavy atom. The summed E-state index contributed by atoms with van der Waals surface area (Å²) in [6.07, 6.45) is 3.20. The van der Waals surface area contributed by atoms with Crippen molar-refractivity contribution in [3.05, 3.63) is 22.7 Å². The predicted octanol–water partition coefficient (Wildman–Crippen LogP) is 4.17. The normalized spacial score (nSPS) is 15.0. The molecule has 1 aromatic carbocycles. The monoisotopic (exact) mass is 297 g/mol. The van der Waals surface area contributed by atoms with Crippen molar-refractivity contribution in [2.75, 3.05) is 13.2 Å². The Morgan fingerprint density at radius 2 is 2.00 bits per heavy atom. The van der Waals surface area contributed by atoms with Crippen LogP contribution >= 0.6 is 11.6 Å². The number of fused-ring (bicyclic) bond motifs is 1. The maximum Gasteiger partial charge on any atom is 0.179 e. The molecule has 0 spiro atoms. The molecule has 0 bridgehead atoms. The van der Waals surface area contributed by atoms with Crippen LogP contribution in [-0.2, 0) is 6.54 Å². The largest absolute Gasteiger partial charge is 0.489 e. The minimum atomic E-state index is 0.130. The Morgan fingerprint density at radius 3 is 2.75 bits per heavy atom. The quantitative estimate of drug-likeness (QED) is 0.885. The van der Waals surface area contributed by atoms with Gasteiger partial charge in [0.2, 0.25) is 0 Å². The van der Waals surface area contributed by atoms with Crippen molar-refractivity contribution < 1.29 is 9.47 Å². The smallest absolute Gasteiger partial charge is 0.179 e. The van der Waals surface area contributed by atoms with Gasteiger partial charge >= 0.3 is 0 Å². The summed E-state index contributed by atoms with van der Waals surface area (Å²) in [4.78, 5) is 0. The summed E-state index contributed by atoms with van der Waals surface area (Å²) in [6.45, 7) is 8.77. The average Bonchev–Trinajstić information content (AvgIpc) is 2.62. The topological polar surface area (TPSA) is 30.5 Å². The predicted molar refractivity (Wildman–Crippen MR) is 82.9 cm³/mol. The molecule has 0 aliphatic carbocycles. The molecule has 0 saturated heterocycles. The SMILES string of the molecule is CCCC(C)(C)NCc1cc(Cl)c2c(c1)OCCCO2. The van der Waals surface area contributed by atoms with Gasteiger partial charge in [-0.05, 0) is 38.0 Å². The van der Waals surface area contributed by atoms with Crippen molar-refractivity contribution in [1.82, 2.24) is 5.32 Å². The first-order chi connectivity index (χ1) is 9.52. The van der Waals surface area contributed by atoms with E-state index in [9.17, 15) is 0 Å². The summed E-state index contributed by atoms with van der Waals surface area (Å²) >= 11 is 6.30. The third-order valence-electron chi connectivity index (χ3n) is 3.51. The van der Waals surface area contributed by atoms with Crippen LogP contribution in [0.3, 0.4) is 0 Å². The van der Waals surface area contributed by atoms with Gasteiger partial charge < -0.3 is 14.8 Å². The first kappa shape index (κ1) is 15.5. The van der Waals surface area contributed by atoms with Crippen molar-refractivity contribution in [2.24, 2.45) is 0 Å². The van der Waals surface area contributed by atoms with E-state index in [1.54, 1.807) is 0 Å². The van der Waals surface area contributed by atoms with Gasteiger partial charge in [0, 0.05) is 18.5 Å². The zero-order valence-corrected chi connectivity index (χ0v) is 13.3. The van der Waals surface area contributed by atoms with Crippen molar-refractivity contribution in [3.63, 3.8) is 0 Å². The van der Waals surface area contributed by atoms with Crippen LogP contribution in [0.1, 0.15) is 45.6 Å². The molecule has 1 aliphatic rings. The number of nitrogens with one attached hydrogen (secondary N) is 1. The van der Waals surface area contributed by atoms with Crippen LogP contribution in [-0.4, -0.2) is 18.8 Å². The molecule has 1 heterocycles. The molecule has 0 amide bonds. The van der Waals surface area contributed by atoms with E-state index >= 15 is 0 Å². The number of rotatable bonds is 5. The molecular formula is C16H24ClNO2. The second-order valence-corrected chi connectivity index (χ2v) is 6.35. The highest BCUT2D eigenvalue weighted by molar-refractivity contribution is 6.32. The van der Waals surface area contributed by atoms with E-state index in [0.29, 0.717) is 24.0 Å². The van der Waals surface area contributed by atoms with Gasteiger partial charge in [0.25, 0.3) is 0 Å². The fraction of sp³-hybridized carbons (Fsp3) is 0.625. The van der Waals surface area contributed by atoms with E-state index in [4.69, 9.17) is 21.1 Å². The third kappa shape index (κ3) is 4.03. The Bertz CT molecular complexity index is 460. The van der Waals surface area contributed by atoms with Crippen molar-refractivity contribution in [2.45, 2.75) is 52.1 Å². The van der Waals surface area contributed by atoms with Crippen molar-refractivity contribution >= 4 is 11.6 Å². The van der Waals surface area contributed by atoms with Gasteiger partial charge in [0.1, 0.15) is 0 Å². The average molecular weight is 298 g/mol. The Hall–Kier alpha value is -0.930. The van der Waals surface area contributed by atoms with E-state index in [0.717, 1.165) is 30.7 Å². The molecule has 0 saturated carbocycles. The minimum absolute atomic E-state index is 0.130. The van der Waals surface area contributed by atoms with Gasteiger partial charge in [0.05, 0.1) is 18.2 Å². The first-order valence-corrected chi connectivity index (χ1v) is 7.73. The van der Waals surface area contributed by atoms with Gasteiger partial charge in [-0.15, -0.1) is 0 Å². The Labute approximate surface area is 126 Å². The summed E-state index contributed by atoms with van der Waals surface area (Å²) in [7, 11) is 0. The molecule has 20 heavy (non-hydrogen) atoms. The molecule has 3 nitrogen and oxygen atoms in total. The maximum atomic E-state index is 6.30. The zero-order valence-electron chi connectivity index (χ0n) is 12.6. The highest BCUT2D eigenvalue weighted by atomic mass is 35.5. The number of hydrogen-bond donors (Lipinski definition) is 1. The van der Waals surface area contributed by atoms with Crippen LogP contribution in [0.5, 0.6) is 11.5 Å². The standard InChI is InChI=1S/C16H24ClNO2/c1-4-6-16(2,3)18-11-12-9-13(17)15-14(10-12)19-7-5-8-20-15/h9-10,18H,4-8,11H2,1-3H3. The molecule has 0 radical (unpaired) electrons. The zero-order chi connectivity index (χ0) is 14.6. The lowest BCUT2D eigenvalue weighted by atomic mass is 9.98. The van der Waals surface area contributed by atoms with Crippen LogP contribution in [0.4, 0.5) is 0 Å². The maximum absolute atomic E-state index is 6.30. The van der Waals surface area contributed by atoms with Crippen LogP contribution in [0.2, 0.25) is 5.02 Å². The van der Waals surface area contributed by atoms with E-state index in [1.807, 2.05) is 12.1 Å². The summed E-state index contributed by atoms with van der Waals surface area (Å²) in [5.41, 5.74) is 1.26. The van der Waals surface area contributed by atoms with Crippen LogP contribution in [0.25, 0.3) is 0 Å². The van der Waals surface area contributed by atoms with Gasteiger partial charge in [-0.3, -0.25) is 0 Å². The number of ether oxygens (including phenoxy) is 2. The number of benzene rings is 1. The van der Waals surface area contributed by atoms with Crippen LogP contribution in [0.15, 0.2) is 12.1 Å². The Balaban J connectivity index is 2.10. The fourth-order valence-electron chi connectivity index (χ4n) is 2.44. The fourth-order valence-corrected chi connectivity index (χ4v) is 2.73. The minimum Gasteiger partial charge on any atom is -0.489 e.